The zero-order valence-electron chi connectivity index (χ0n) is 10.6. The summed E-state index contributed by atoms with van der Waals surface area (Å²) in [4.78, 5) is 16.9. The third-order valence-corrected chi connectivity index (χ3v) is 4.03. The average molecular weight is 287 g/mol. The Morgan fingerprint density at radius 1 is 1.25 bits per heavy atom. The van der Waals surface area contributed by atoms with Crippen molar-refractivity contribution in [1.29, 1.82) is 0 Å². The van der Waals surface area contributed by atoms with Crippen molar-refractivity contribution in [1.82, 2.24) is 4.98 Å². The first kappa shape index (κ1) is 12.7. The fourth-order valence-electron chi connectivity index (χ4n) is 1.92. The highest BCUT2D eigenvalue weighted by Crippen LogP contribution is 2.28. The molecule has 2 aromatic heterocycles. The highest BCUT2D eigenvalue weighted by Gasteiger charge is 2.14. The van der Waals surface area contributed by atoms with E-state index in [1.807, 2.05) is 0 Å². The highest BCUT2D eigenvalue weighted by atomic mass is 32.1. The van der Waals surface area contributed by atoms with Gasteiger partial charge in [-0.3, -0.25) is 9.78 Å². The first-order chi connectivity index (χ1) is 9.67. The molecule has 0 N–H and O–H groups in total. The number of halogens is 1. The molecule has 2 heterocycles. The Balaban J connectivity index is 2.03. The molecule has 5 heteroatoms. The fourth-order valence-corrected chi connectivity index (χ4v) is 2.93. The summed E-state index contributed by atoms with van der Waals surface area (Å²) in [6.07, 6.45) is 3.03. The summed E-state index contributed by atoms with van der Waals surface area (Å²) in [5.41, 5.74) is 0.455. The molecule has 0 atom stereocenters. The minimum Gasteiger partial charge on any atom is -0.495 e. The van der Waals surface area contributed by atoms with Gasteiger partial charge in [0.05, 0.1) is 18.2 Å². The van der Waals surface area contributed by atoms with Crippen molar-refractivity contribution in [2.75, 3.05) is 7.11 Å². The van der Waals surface area contributed by atoms with Crippen LogP contribution in [-0.4, -0.2) is 17.9 Å². The Morgan fingerprint density at radius 2 is 2.10 bits per heavy atom. The van der Waals surface area contributed by atoms with Crippen LogP contribution in [0, 0.1) is 5.82 Å². The fraction of sp³-hybridized carbons (Fsp3) is 0.0667. The van der Waals surface area contributed by atoms with E-state index in [9.17, 15) is 9.18 Å². The van der Waals surface area contributed by atoms with Crippen LogP contribution in [0.1, 0.15) is 15.2 Å². The van der Waals surface area contributed by atoms with Crippen molar-refractivity contribution in [3.8, 4) is 5.75 Å². The molecule has 0 aliphatic carbocycles. The van der Waals surface area contributed by atoms with E-state index in [4.69, 9.17) is 4.74 Å². The molecule has 3 aromatic rings. The van der Waals surface area contributed by atoms with E-state index >= 15 is 0 Å². The molecule has 100 valence electrons. The van der Waals surface area contributed by atoms with Crippen molar-refractivity contribution in [2.45, 2.75) is 0 Å². The lowest BCUT2D eigenvalue weighted by Gasteiger charge is -2.01. The summed E-state index contributed by atoms with van der Waals surface area (Å²) in [5.74, 6) is 0.0818. The Bertz CT molecular complexity index is 797. The minimum atomic E-state index is -0.308. The Hall–Kier alpha value is -2.27. The maximum atomic E-state index is 13.2. The molecule has 0 fully saturated rings. The number of carbonyl (C=O) groups excluding carboxylic acids is 1. The van der Waals surface area contributed by atoms with Crippen molar-refractivity contribution in [2.24, 2.45) is 0 Å². The van der Waals surface area contributed by atoms with Crippen LogP contribution >= 0.6 is 11.3 Å². The third-order valence-electron chi connectivity index (χ3n) is 2.91. The SMILES string of the molecule is COc1cncc(C(=O)c2cc3cc(F)ccc3s2)c1. The van der Waals surface area contributed by atoms with E-state index in [2.05, 4.69) is 4.98 Å². The van der Waals surface area contributed by atoms with E-state index < -0.39 is 0 Å². The second-order valence-corrected chi connectivity index (χ2v) is 5.32. The molecule has 0 bridgehead atoms. The molecule has 0 saturated carbocycles. The van der Waals surface area contributed by atoms with Gasteiger partial charge in [0.25, 0.3) is 0 Å². The van der Waals surface area contributed by atoms with Crippen LogP contribution in [0.3, 0.4) is 0 Å². The molecule has 3 rings (SSSR count). The molecular weight excluding hydrogens is 277 g/mol. The van der Waals surface area contributed by atoms with E-state index in [0.29, 0.717) is 16.2 Å². The first-order valence-electron chi connectivity index (χ1n) is 5.90. The lowest BCUT2D eigenvalue weighted by Crippen LogP contribution is -1.99. The van der Waals surface area contributed by atoms with Crippen molar-refractivity contribution >= 4 is 27.2 Å². The number of carbonyl (C=O) groups is 1. The molecule has 0 aliphatic heterocycles. The molecule has 0 unspecified atom stereocenters. The standard InChI is InChI=1S/C15H10FNO2S/c1-19-12-5-10(7-17-8-12)15(18)14-6-9-4-11(16)2-3-13(9)20-14/h2-8H,1H3. The Kier molecular flexibility index (Phi) is 3.20. The normalized spacial score (nSPS) is 10.7. The minimum absolute atomic E-state index is 0.141. The summed E-state index contributed by atoms with van der Waals surface area (Å²) >= 11 is 1.34. The van der Waals surface area contributed by atoms with Gasteiger partial charge in [0, 0.05) is 16.5 Å². The second kappa shape index (κ2) is 5.02. The Labute approximate surface area is 118 Å². The van der Waals surface area contributed by atoms with Gasteiger partial charge in [-0.25, -0.2) is 4.39 Å². The van der Waals surface area contributed by atoms with Crippen LogP contribution in [0.4, 0.5) is 4.39 Å². The largest absolute Gasteiger partial charge is 0.495 e. The Morgan fingerprint density at radius 3 is 2.90 bits per heavy atom. The number of methoxy groups -OCH3 is 1. The highest BCUT2D eigenvalue weighted by molar-refractivity contribution is 7.21. The molecule has 1 aromatic carbocycles. The number of ketones is 1. The number of benzene rings is 1. The van der Waals surface area contributed by atoms with E-state index in [0.717, 1.165) is 10.1 Å². The molecule has 0 saturated heterocycles. The quantitative estimate of drug-likeness (QED) is 0.690. The zero-order chi connectivity index (χ0) is 14.1. The summed E-state index contributed by atoms with van der Waals surface area (Å²) < 4.78 is 19.1. The summed E-state index contributed by atoms with van der Waals surface area (Å²) in [5, 5.41) is 0.731. The number of fused-ring (bicyclic) bond motifs is 1. The monoisotopic (exact) mass is 287 g/mol. The van der Waals surface area contributed by atoms with Crippen LogP contribution in [0.15, 0.2) is 42.7 Å². The molecule has 3 nitrogen and oxygen atoms in total. The topological polar surface area (TPSA) is 39.2 Å². The van der Waals surface area contributed by atoms with Crippen LogP contribution in [-0.2, 0) is 0 Å². The van der Waals surface area contributed by atoms with Gasteiger partial charge in [0.1, 0.15) is 11.6 Å². The number of aromatic nitrogens is 1. The van der Waals surface area contributed by atoms with Gasteiger partial charge < -0.3 is 4.74 Å². The number of nitrogens with zero attached hydrogens (tertiary/aromatic N) is 1. The summed E-state index contributed by atoms with van der Waals surface area (Å²) in [6.45, 7) is 0. The summed E-state index contributed by atoms with van der Waals surface area (Å²) in [6, 6.07) is 7.83. The zero-order valence-corrected chi connectivity index (χ0v) is 11.4. The van der Waals surface area contributed by atoms with Crippen molar-refractivity contribution < 1.29 is 13.9 Å². The average Bonchev–Trinajstić information content (AvgIpc) is 2.89. The van der Waals surface area contributed by atoms with Gasteiger partial charge in [-0.2, -0.15) is 0 Å². The second-order valence-electron chi connectivity index (χ2n) is 4.24. The van der Waals surface area contributed by atoms with Gasteiger partial charge in [-0.1, -0.05) is 0 Å². The molecule has 20 heavy (non-hydrogen) atoms. The van der Waals surface area contributed by atoms with Crippen LogP contribution < -0.4 is 4.74 Å². The number of ether oxygens (including phenoxy) is 1. The number of pyridine rings is 1. The predicted octanol–water partition coefficient (Wildman–Crippen LogP) is 3.68. The van der Waals surface area contributed by atoms with Crippen LogP contribution in [0.2, 0.25) is 0 Å². The van der Waals surface area contributed by atoms with Crippen LogP contribution in [0.5, 0.6) is 5.75 Å². The molecular formula is C15H10FNO2S. The molecule has 0 spiro atoms. The first-order valence-corrected chi connectivity index (χ1v) is 6.72. The predicted molar refractivity (Wildman–Crippen MR) is 76.0 cm³/mol. The molecule has 0 radical (unpaired) electrons. The number of hydrogen-bond donors (Lipinski definition) is 0. The lowest BCUT2D eigenvalue weighted by molar-refractivity contribution is 0.104. The van der Waals surface area contributed by atoms with Gasteiger partial charge in [-0.05, 0) is 35.7 Å². The number of rotatable bonds is 3. The van der Waals surface area contributed by atoms with Gasteiger partial charge in [-0.15, -0.1) is 11.3 Å². The lowest BCUT2D eigenvalue weighted by atomic mass is 10.1. The molecule has 0 amide bonds. The van der Waals surface area contributed by atoms with E-state index in [1.165, 1.54) is 43.0 Å². The van der Waals surface area contributed by atoms with Gasteiger partial charge in [0.15, 0.2) is 0 Å². The summed E-state index contributed by atoms with van der Waals surface area (Å²) in [7, 11) is 1.52. The smallest absolute Gasteiger partial charge is 0.204 e. The third kappa shape index (κ3) is 2.28. The van der Waals surface area contributed by atoms with E-state index in [-0.39, 0.29) is 11.6 Å². The maximum Gasteiger partial charge on any atom is 0.204 e. The van der Waals surface area contributed by atoms with Gasteiger partial charge >= 0.3 is 0 Å². The number of thiophene rings is 1. The molecule has 0 aliphatic rings. The maximum absolute atomic E-state index is 13.2. The van der Waals surface area contributed by atoms with E-state index in [1.54, 1.807) is 18.2 Å². The van der Waals surface area contributed by atoms with Crippen LogP contribution in [0.25, 0.3) is 10.1 Å². The van der Waals surface area contributed by atoms with Crippen molar-refractivity contribution in [3.63, 3.8) is 0 Å². The number of hydrogen-bond acceptors (Lipinski definition) is 4. The van der Waals surface area contributed by atoms with Crippen molar-refractivity contribution in [3.05, 3.63) is 59.0 Å². The van der Waals surface area contributed by atoms with Gasteiger partial charge in [0.2, 0.25) is 5.78 Å².